The van der Waals surface area contributed by atoms with Crippen LogP contribution in [-0.4, -0.2) is 67.7 Å². The summed E-state index contributed by atoms with van der Waals surface area (Å²) >= 11 is 6.18. The SMILES string of the molecule is CC1CNCCN1C(C(=O)N1CCOCC1)c1cccc(Cl)c1. The van der Waals surface area contributed by atoms with Crippen molar-refractivity contribution in [2.75, 3.05) is 45.9 Å². The van der Waals surface area contributed by atoms with E-state index in [0.717, 1.165) is 25.2 Å². The molecule has 1 amide bonds. The first-order valence-electron chi connectivity index (χ1n) is 8.25. The van der Waals surface area contributed by atoms with Crippen molar-refractivity contribution in [3.8, 4) is 0 Å². The average molecular weight is 338 g/mol. The zero-order valence-corrected chi connectivity index (χ0v) is 14.3. The van der Waals surface area contributed by atoms with Crippen molar-refractivity contribution >= 4 is 17.5 Å². The molecule has 0 aliphatic carbocycles. The molecule has 5 nitrogen and oxygen atoms in total. The van der Waals surface area contributed by atoms with Gasteiger partial charge in [0.15, 0.2) is 0 Å². The number of amides is 1. The van der Waals surface area contributed by atoms with Gasteiger partial charge in [0.05, 0.1) is 13.2 Å². The fourth-order valence-electron chi connectivity index (χ4n) is 3.35. The number of halogens is 1. The van der Waals surface area contributed by atoms with Gasteiger partial charge in [-0.25, -0.2) is 0 Å². The second-order valence-electron chi connectivity index (χ2n) is 6.19. The van der Waals surface area contributed by atoms with Crippen LogP contribution in [0, 0.1) is 0 Å². The Morgan fingerprint density at radius 3 is 2.83 bits per heavy atom. The molecule has 3 rings (SSSR count). The zero-order chi connectivity index (χ0) is 16.2. The third kappa shape index (κ3) is 3.86. The lowest BCUT2D eigenvalue weighted by Gasteiger charge is -2.41. The van der Waals surface area contributed by atoms with Crippen molar-refractivity contribution in [3.05, 3.63) is 34.9 Å². The molecule has 0 bridgehead atoms. The second-order valence-corrected chi connectivity index (χ2v) is 6.62. The van der Waals surface area contributed by atoms with E-state index < -0.39 is 0 Å². The highest BCUT2D eigenvalue weighted by atomic mass is 35.5. The average Bonchev–Trinajstić information content (AvgIpc) is 2.58. The molecule has 126 valence electrons. The van der Waals surface area contributed by atoms with Crippen molar-refractivity contribution < 1.29 is 9.53 Å². The van der Waals surface area contributed by atoms with Crippen LogP contribution in [0.25, 0.3) is 0 Å². The van der Waals surface area contributed by atoms with E-state index in [0.29, 0.717) is 37.4 Å². The number of carbonyl (C=O) groups is 1. The maximum atomic E-state index is 13.2. The molecule has 2 fully saturated rings. The third-order valence-electron chi connectivity index (χ3n) is 4.61. The van der Waals surface area contributed by atoms with Crippen molar-refractivity contribution in [2.24, 2.45) is 0 Å². The number of ether oxygens (including phenoxy) is 1. The third-order valence-corrected chi connectivity index (χ3v) is 4.84. The summed E-state index contributed by atoms with van der Waals surface area (Å²) in [6.45, 7) is 7.37. The van der Waals surface area contributed by atoms with Gasteiger partial charge in [-0.2, -0.15) is 0 Å². The first kappa shape index (κ1) is 16.7. The standard InChI is InChI=1S/C17H24ClN3O2/c1-13-12-19-5-6-21(13)16(14-3-2-4-15(18)11-14)17(22)20-7-9-23-10-8-20/h2-4,11,13,16,19H,5-10,12H2,1H3. The second kappa shape index (κ2) is 7.62. The van der Waals surface area contributed by atoms with Crippen LogP contribution >= 0.6 is 11.6 Å². The quantitative estimate of drug-likeness (QED) is 0.908. The van der Waals surface area contributed by atoms with E-state index in [1.165, 1.54) is 0 Å². The van der Waals surface area contributed by atoms with Gasteiger partial charge < -0.3 is 15.0 Å². The predicted molar refractivity (Wildman–Crippen MR) is 90.6 cm³/mol. The number of hydrogen-bond donors (Lipinski definition) is 1. The van der Waals surface area contributed by atoms with E-state index >= 15 is 0 Å². The largest absolute Gasteiger partial charge is 0.378 e. The van der Waals surface area contributed by atoms with E-state index in [-0.39, 0.29) is 11.9 Å². The highest BCUT2D eigenvalue weighted by Gasteiger charge is 2.35. The molecular formula is C17H24ClN3O2. The molecule has 2 saturated heterocycles. The van der Waals surface area contributed by atoms with Gasteiger partial charge in [0, 0.05) is 43.8 Å². The van der Waals surface area contributed by atoms with Gasteiger partial charge in [0.1, 0.15) is 6.04 Å². The zero-order valence-electron chi connectivity index (χ0n) is 13.5. The minimum absolute atomic E-state index is 0.157. The molecule has 0 spiro atoms. The summed E-state index contributed by atoms with van der Waals surface area (Å²) in [6, 6.07) is 7.72. The molecule has 2 aliphatic rings. The minimum Gasteiger partial charge on any atom is -0.378 e. The van der Waals surface area contributed by atoms with E-state index in [1.807, 2.05) is 29.2 Å². The van der Waals surface area contributed by atoms with Crippen LogP contribution in [-0.2, 0) is 9.53 Å². The fourth-order valence-corrected chi connectivity index (χ4v) is 3.55. The van der Waals surface area contributed by atoms with Crippen LogP contribution in [0.4, 0.5) is 0 Å². The van der Waals surface area contributed by atoms with E-state index in [2.05, 4.69) is 17.1 Å². The Bertz CT molecular complexity index is 548. The van der Waals surface area contributed by atoms with Crippen molar-refractivity contribution in [2.45, 2.75) is 19.0 Å². The number of benzene rings is 1. The van der Waals surface area contributed by atoms with Gasteiger partial charge in [-0.15, -0.1) is 0 Å². The number of carbonyl (C=O) groups excluding carboxylic acids is 1. The number of morpholine rings is 1. The number of piperazine rings is 1. The van der Waals surface area contributed by atoms with Crippen LogP contribution in [0.5, 0.6) is 0 Å². The summed E-state index contributed by atoms with van der Waals surface area (Å²) in [5.74, 6) is 0.157. The lowest BCUT2D eigenvalue weighted by Crippen LogP contribution is -2.55. The Hall–Kier alpha value is -1.14. The lowest BCUT2D eigenvalue weighted by atomic mass is 10.0. The van der Waals surface area contributed by atoms with Crippen LogP contribution in [0.15, 0.2) is 24.3 Å². The first-order valence-corrected chi connectivity index (χ1v) is 8.63. The van der Waals surface area contributed by atoms with Gasteiger partial charge in [0.2, 0.25) is 5.91 Å². The first-order chi connectivity index (χ1) is 11.2. The van der Waals surface area contributed by atoms with Crippen LogP contribution in [0.1, 0.15) is 18.5 Å². The van der Waals surface area contributed by atoms with Gasteiger partial charge in [-0.1, -0.05) is 23.7 Å². The smallest absolute Gasteiger partial charge is 0.244 e. The minimum atomic E-state index is -0.274. The Labute approximate surface area is 142 Å². The summed E-state index contributed by atoms with van der Waals surface area (Å²) < 4.78 is 5.38. The van der Waals surface area contributed by atoms with Gasteiger partial charge in [0.25, 0.3) is 0 Å². The number of rotatable bonds is 3. The summed E-state index contributed by atoms with van der Waals surface area (Å²) in [6.07, 6.45) is 0. The number of nitrogens with one attached hydrogen (secondary N) is 1. The van der Waals surface area contributed by atoms with Crippen LogP contribution in [0.2, 0.25) is 5.02 Å². The van der Waals surface area contributed by atoms with Gasteiger partial charge >= 0.3 is 0 Å². The number of hydrogen-bond acceptors (Lipinski definition) is 4. The molecule has 1 N–H and O–H groups in total. The molecule has 2 aliphatic heterocycles. The molecule has 1 aromatic rings. The summed E-state index contributed by atoms with van der Waals surface area (Å²) in [7, 11) is 0. The highest BCUT2D eigenvalue weighted by Crippen LogP contribution is 2.28. The van der Waals surface area contributed by atoms with Gasteiger partial charge in [-0.05, 0) is 24.6 Å². The summed E-state index contributed by atoms with van der Waals surface area (Å²) in [5, 5.41) is 4.06. The predicted octanol–water partition coefficient (Wildman–Crippen LogP) is 1.53. The summed E-state index contributed by atoms with van der Waals surface area (Å²) in [5.41, 5.74) is 0.975. The van der Waals surface area contributed by atoms with Crippen LogP contribution in [0.3, 0.4) is 0 Å². The highest BCUT2D eigenvalue weighted by molar-refractivity contribution is 6.30. The van der Waals surface area contributed by atoms with E-state index in [9.17, 15) is 4.79 Å². The topological polar surface area (TPSA) is 44.8 Å². The maximum Gasteiger partial charge on any atom is 0.244 e. The molecule has 0 radical (unpaired) electrons. The van der Waals surface area contributed by atoms with Crippen molar-refractivity contribution in [1.29, 1.82) is 0 Å². The molecule has 2 atom stereocenters. The molecular weight excluding hydrogens is 314 g/mol. The lowest BCUT2D eigenvalue weighted by molar-refractivity contribution is -0.142. The monoisotopic (exact) mass is 337 g/mol. The Balaban J connectivity index is 1.90. The molecule has 2 heterocycles. The Morgan fingerprint density at radius 2 is 2.13 bits per heavy atom. The summed E-state index contributed by atoms with van der Waals surface area (Å²) in [4.78, 5) is 17.4. The van der Waals surface area contributed by atoms with Crippen LogP contribution < -0.4 is 5.32 Å². The normalized spacial score (nSPS) is 24.4. The van der Waals surface area contributed by atoms with E-state index in [1.54, 1.807) is 0 Å². The van der Waals surface area contributed by atoms with Gasteiger partial charge in [-0.3, -0.25) is 9.69 Å². The number of nitrogens with zero attached hydrogens (tertiary/aromatic N) is 2. The fraction of sp³-hybridized carbons (Fsp3) is 0.588. The molecule has 23 heavy (non-hydrogen) atoms. The molecule has 0 aromatic heterocycles. The Morgan fingerprint density at radius 1 is 1.35 bits per heavy atom. The molecule has 1 aromatic carbocycles. The van der Waals surface area contributed by atoms with E-state index in [4.69, 9.17) is 16.3 Å². The Kier molecular flexibility index (Phi) is 5.54. The molecule has 0 saturated carbocycles. The molecule has 6 heteroatoms. The maximum absolute atomic E-state index is 13.2. The molecule has 2 unspecified atom stereocenters. The van der Waals surface area contributed by atoms with Crippen molar-refractivity contribution in [1.82, 2.24) is 15.1 Å². The van der Waals surface area contributed by atoms with Crippen molar-refractivity contribution in [3.63, 3.8) is 0 Å².